The number of likely N-dealkylation sites (tertiary alicyclic amines) is 1. The van der Waals surface area contributed by atoms with Gasteiger partial charge in [-0.25, -0.2) is 13.1 Å². The van der Waals surface area contributed by atoms with E-state index in [1.165, 1.54) is 12.1 Å². The van der Waals surface area contributed by atoms with Gasteiger partial charge in [-0.2, -0.15) is 0 Å². The zero-order valence-corrected chi connectivity index (χ0v) is 17.7. The Morgan fingerprint density at radius 2 is 1.73 bits per heavy atom. The molecule has 3 aliphatic rings. The molecule has 3 heterocycles. The molecular formula is C20H28N2O7S. The largest absolute Gasteiger partial charge is 0.490 e. The maximum Gasteiger partial charge on any atom is 0.240 e. The van der Waals surface area contributed by atoms with Crippen LogP contribution < -0.4 is 14.2 Å². The number of hydrogen-bond acceptors (Lipinski definition) is 7. The lowest BCUT2D eigenvalue weighted by Gasteiger charge is -2.33. The Morgan fingerprint density at radius 3 is 2.47 bits per heavy atom. The van der Waals surface area contributed by atoms with Crippen molar-refractivity contribution in [2.45, 2.75) is 36.9 Å². The average molecular weight is 441 g/mol. The minimum absolute atomic E-state index is 0.0460. The fourth-order valence-corrected chi connectivity index (χ4v) is 4.96. The maximum absolute atomic E-state index is 12.6. The second kappa shape index (κ2) is 9.51. The third kappa shape index (κ3) is 5.05. The number of sulfonamides is 1. The van der Waals surface area contributed by atoms with Crippen molar-refractivity contribution in [2.24, 2.45) is 5.92 Å². The second-order valence-corrected chi connectivity index (χ2v) is 9.40. The second-order valence-electron chi connectivity index (χ2n) is 7.63. The number of fused-ring (bicyclic) bond motifs is 1. The van der Waals surface area contributed by atoms with Gasteiger partial charge in [-0.3, -0.25) is 4.79 Å². The topological polar surface area (TPSA) is 103 Å². The summed E-state index contributed by atoms with van der Waals surface area (Å²) >= 11 is 0. The summed E-state index contributed by atoms with van der Waals surface area (Å²) in [5, 5.41) is 0. The van der Waals surface area contributed by atoms with Gasteiger partial charge in [-0.1, -0.05) is 0 Å². The minimum atomic E-state index is -3.74. The fourth-order valence-electron chi connectivity index (χ4n) is 3.91. The van der Waals surface area contributed by atoms with E-state index in [1.54, 1.807) is 11.0 Å². The van der Waals surface area contributed by atoms with Gasteiger partial charge in [0.15, 0.2) is 17.8 Å². The van der Waals surface area contributed by atoms with Crippen molar-refractivity contribution in [3.63, 3.8) is 0 Å². The van der Waals surface area contributed by atoms with Crippen LogP contribution in [0.5, 0.6) is 11.5 Å². The lowest BCUT2D eigenvalue weighted by molar-refractivity contribution is -0.136. The van der Waals surface area contributed by atoms with E-state index in [9.17, 15) is 13.2 Å². The number of benzene rings is 1. The molecular weight excluding hydrogens is 412 g/mol. The Kier molecular flexibility index (Phi) is 6.77. The standard InChI is InChI=1S/C20H28N2O7S/c23-19(22-8-5-15(6-9-22)20-28-12-13-29-20)4-7-21-30(24,25)16-2-3-17-18(14-16)27-11-1-10-26-17/h2-3,14-15,20-21H,1,4-13H2. The van der Waals surface area contributed by atoms with Crippen LogP contribution in [-0.4, -0.2) is 71.6 Å². The highest BCUT2D eigenvalue weighted by Gasteiger charge is 2.31. The van der Waals surface area contributed by atoms with Crippen LogP contribution in [0.3, 0.4) is 0 Å². The highest BCUT2D eigenvalue weighted by atomic mass is 32.2. The smallest absolute Gasteiger partial charge is 0.240 e. The summed E-state index contributed by atoms with van der Waals surface area (Å²) < 4.78 is 49.9. The molecule has 1 N–H and O–H groups in total. The van der Waals surface area contributed by atoms with E-state index in [4.69, 9.17) is 18.9 Å². The summed E-state index contributed by atoms with van der Waals surface area (Å²) in [7, 11) is -3.74. The van der Waals surface area contributed by atoms with E-state index in [0.29, 0.717) is 56.9 Å². The monoisotopic (exact) mass is 440 g/mol. The summed E-state index contributed by atoms with van der Waals surface area (Å²) in [6.07, 6.45) is 2.38. The van der Waals surface area contributed by atoms with Gasteiger partial charge in [0, 0.05) is 44.5 Å². The van der Waals surface area contributed by atoms with Crippen LogP contribution in [0.15, 0.2) is 23.1 Å². The summed E-state index contributed by atoms with van der Waals surface area (Å²) in [5.74, 6) is 1.22. The van der Waals surface area contributed by atoms with Gasteiger partial charge in [-0.05, 0) is 25.0 Å². The highest BCUT2D eigenvalue weighted by molar-refractivity contribution is 7.89. The van der Waals surface area contributed by atoms with Crippen LogP contribution in [-0.2, 0) is 24.3 Å². The number of carbonyl (C=O) groups excluding carboxylic acids is 1. The van der Waals surface area contributed by atoms with Crippen molar-refractivity contribution >= 4 is 15.9 Å². The number of hydrogen-bond donors (Lipinski definition) is 1. The van der Waals surface area contributed by atoms with Crippen LogP contribution in [0.25, 0.3) is 0 Å². The Balaban J connectivity index is 1.25. The number of nitrogens with zero attached hydrogens (tertiary/aromatic N) is 1. The summed E-state index contributed by atoms with van der Waals surface area (Å²) in [6, 6.07) is 4.54. The van der Waals surface area contributed by atoms with Gasteiger partial charge >= 0.3 is 0 Å². The van der Waals surface area contributed by atoms with Gasteiger partial charge in [0.1, 0.15) is 0 Å². The van der Waals surface area contributed by atoms with Crippen molar-refractivity contribution in [3.8, 4) is 11.5 Å². The predicted molar refractivity (Wildman–Crippen MR) is 107 cm³/mol. The molecule has 4 rings (SSSR count). The van der Waals surface area contributed by atoms with E-state index in [0.717, 1.165) is 19.3 Å². The first kappa shape index (κ1) is 21.4. The molecule has 9 nitrogen and oxygen atoms in total. The molecule has 2 fully saturated rings. The molecule has 3 aliphatic heterocycles. The number of nitrogens with one attached hydrogen (secondary N) is 1. The van der Waals surface area contributed by atoms with Crippen molar-refractivity contribution < 1.29 is 32.2 Å². The summed E-state index contributed by atoms with van der Waals surface area (Å²) in [5.41, 5.74) is 0. The molecule has 1 aromatic carbocycles. The molecule has 0 bridgehead atoms. The maximum atomic E-state index is 12.6. The van der Waals surface area contributed by atoms with Crippen LogP contribution >= 0.6 is 0 Å². The van der Waals surface area contributed by atoms with E-state index < -0.39 is 10.0 Å². The first-order valence-electron chi connectivity index (χ1n) is 10.4. The molecule has 0 atom stereocenters. The van der Waals surface area contributed by atoms with E-state index in [1.807, 2.05) is 0 Å². The number of ether oxygens (including phenoxy) is 4. The van der Waals surface area contributed by atoms with Crippen molar-refractivity contribution in [1.82, 2.24) is 9.62 Å². The van der Waals surface area contributed by atoms with Crippen LogP contribution in [0.2, 0.25) is 0 Å². The van der Waals surface area contributed by atoms with E-state index >= 15 is 0 Å². The van der Waals surface area contributed by atoms with Gasteiger partial charge in [0.05, 0.1) is 31.3 Å². The van der Waals surface area contributed by atoms with E-state index in [2.05, 4.69) is 4.72 Å². The molecule has 0 saturated carbocycles. The third-order valence-electron chi connectivity index (χ3n) is 5.59. The van der Waals surface area contributed by atoms with Crippen LogP contribution in [0.1, 0.15) is 25.7 Å². The predicted octanol–water partition coefficient (Wildman–Crippen LogP) is 1.13. The molecule has 0 aromatic heterocycles. The molecule has 0 radical (unpaired) electrons. The first-order valence-corrected chi connectivity index (χ1v) is 11.9. The number of carbonyl (C=O) groups is 1. The van der Waals surface area contributed by atoms with Crippen molar-refractivity contribution in [1.29, 1.82) is 0 Å². The molecule has 10 heteroatoms. The Bertz CT molecular complexity index is 847. The van der Waals surface area contributed by atoms with Crippen molar-refractivity contribution in [3.05, 3.63) is 18.2 Å². The lowest BCUT2D eigenvalue weighted by Crippen LogP contribution is -2.42. The highest BCUT2D eigenvalue weighted by Crippen LogP contribution is 2.32. The van der Waals surface area contributed by atoms with Gasteiger partial charge in [0.25, 0.3) is 0 Å². The molecule has 1 amide bonds. The van der Waals surface area contributed by atoms with Gasteiger partial charge < -0.3 is 23.8 Å². The Hall–Kier alpha value is -1.88. The van der Waals surface area contributed by atoms with Crippen LogP contribution in [0.4, 0.5) is 0 Å². The molecule has 0 spiro atoms. The minimum Gasteiger partial charge on any atom is -0.490 e. The summed E-state index contributed by atoms with van der Waals surface area (Å²) in [6.45, 7) is 3.61. The number of piperidine rings is 1. The van der Waals surface area contributed by atoms with E-state index in [-0.39, 0.29) is 30.1 Å². The number of rotatable bonds is 6. The molecule has 0 aliphatic carbocycles. The zero-order chi connectivity index (χ0) is 21.0. The van der Waals surface area contributed by atoms with Gasteiger partial charge in [-0.15, -0.1) is 0 Å². The Morgan fingerprint density at radius 1 is 1.03 bits per heavy atom. The zero-order valence-electron chi connectivity index (χ0n) is 16.9. The van der Waals surface area contributed by atoms with Crippen LogP contribution in [0, 0.1) is 5.92 Å². The first-order chi connectivity index (χ1) is 14.5. The molecule has 1 aromatic rings. The Labute approximate surface area is 176 Å². The molecule has 166 valence electrons. The SMILES string of the molecule is O=C(CCNS(=O)(=O)c1ccc2c(c1)OCCCO2)N1CCC(C2OCCO2)CC1. The lowest BCUT2D eigenvalue weighted by atomic mass is 9.96. The van der Waals surface area contributed by atoms with Gasteiger partial charge in [0.2, 0.25) is 15.9 Å². The molecule has 2 saturated heterocycles. The third-order valence-corrected chi connectivity index (χ3v) is 7.04. The van der Waals surface area contributed by atoms with Crippen molar-refractivity contribution in [2.75, 3.05) is 46.1 Å². The summed E-state index contributed by atoms with van der Waals surface area (Å²) in [4.78, 5) is 14.3. The molecule has 30 heavy (non-hydrogen) atoms. The normalized spacial score (nSPS) is 20.9. The number of amides is 1. The fraction of sp³-hybridized carbons (Fsp3) is 0.650. The quantitative estimate of drug-likeness (QED) is 0.707. The average Bonchev–Trinajstić information content (AvgIpc) is 3.19. The molecule has 0 unspecified atom stereocenters.